The summed E-state index contributed by atoms with van der Waals surface area (Å²) in [4.78, 5) is 12.1. The van der Waals surface area contributed by atoms with Gasteiger partial charge < -0.3 is 10.1 Å². The van der Waals surface area contributed by atoms with Crippen LogP contribution in [0.4, 0.5) is 4.39 Å². The number of fused-ring (bicyclic) bond motifs is 1. The quantitative estimate of drug-likeness (QED) is 0.930. The maximum atomic E-state index is 13.2. The molecule has 2 aromatic carbocycles. The summed E-state index contributed by atoms with van der Waals surface area (Å²) in [5, 5.41) is 2.82. The summed E-state index contributed by atoms with van der Waals surface area (Å²) in [6, 6.07) is 12.0. The van der Waals surface area contributed by atoms with Crippen LogP contribution in [0.1, 0.15) is 42.3 Å². The first-order valence-corrected chi connectivity index (χ1v) is 8.17. The van der Waals surface area contributed by atoms with Crippen molar-refractivity contribution in [1.82, 2.24) is 5.32 Å². The number of ether oxygens (including phenoxy) is 1. The van der Waals surface area contributed by atoms with E-state index in [4.69, 9.17) is 4.74 Å². The van der Waals surface area contributed by atoms with Crippen LogP contribution in [0.15, 0.2) is 42.5 Å². The minimum atomic E-state index is -0.415. The van der Waals surface area contributed by atoms with Crippen molar-refractivity contribution in [3.05, 3.63) is 65.0 Å². The van der Waals surface area contributed by atoms with Gasteiger partial charge in [0.05, 0.1) is 6.54 Å². The van der Waals surface area contributed by atoms with Crippen molar-refractivity contribution in [3.63, 3.8) is 0 Å². The summed E-state index contributed by atoms with van der Waals surface area (Å²) in [5.41, 5.74) is 2.86. The normalized spacial score (nSPS) is 16.4. The van der Waals surface area contributed by atoms with Crippen LogP contribution in [0.2, 0.25) is 0 Å². The average Bonchev–Trinajstić information content (AvgIpc) is 2.93. The van der Waals surface area contributed by atoms with Gasteiger partial charge in [0.15, 0.2) is 0 Å². The maximum absolute atomic E-state index is 13.2. The molecule has 0 fully saturated rings. The molecule has 0 unspecified atom stereocenters. The van der Waals surface area contributed by atoms with Gasteiger partial charge in [-0.2, -0.15) is 0 Å². The Bertz CT molecular complexity index is 764. The first-order valence-electron chi connectivity index (χ1n) is 8.17. The number of benzene rings is 2. The number of halogens is 1. The molecule has 0 radical (unpaired) electrons. The average molecular weight is 327 g/mol. The second kappa shape index (κ2) is 6.27. The van der Waals surface area contributed by atoms with Gasteiger partial charge in [0.1, 0.15) is 17.7 Å². The third kappa shape index (κ3) is 3.58. The van der Waals surface area contributed by atoms with Crippen molar-refractivity contribution in [2.24, 2.45) is 0 Å². The standard InChI is InChI=1S/C20H22FNO2/c1-20(2,3)15-7-8-18-14(9-15)11-17(24-18)12-22-19(23)13-5-4-6-16(21)10-13/h4-10,17H,11-12H2,1-3H3,(H,22,23)/t17-/m1/s1. The molecule has 0 saturated carbocycles. The SMILES string of the molecule is CC(C)(C)c1ccc2c(c1)C[C@H](CNC(=O)c1cccc(F)c1)O2. The van der Waals surface area contributed by atoms with E-state index in [1.165, 1.54) is 29.3 Å². The molecule has 0 saturated heterocycles. The van der Waals surface area contributed by atoms with E-state index >= 15 is 0 Å². The van der Waals surface area contributed by atoms with Crippen LogP contribution >= 0.6 is 0 Å². The zero-order valence-corrected chi connectivity index (χ0v) is 14.2. The number of amides is 1. The first kappa shape index (κ1) is 16.5. The molecule has 1 heterocycles. The Morgan fingerprint density at radius 3 is 2.75 bits per heavy atom. The van der Waals surface area contributed by atoms with Gasteiger partial charge in [-0.05, 0) is 40.8 Å². The van der Waals surface area contributed by atoms with Crippen molar-refractivity contribution < 1.29 is 13.9 Å². The lowest BCUT2D eigenvalue weighted by Gasteiger charge is -2.19. The Morgan fingerprint density at radius 2 is 2.04 bits per heavy atom. The molecule has 2 aromatic rings. The molecule has 0 aromatic heterocycles. The predicted octanol–water partition coefficient (Wildman–Crippen LogP) is 3.86. The highest BCUT2D eigenvalue weighted by molar-refractivity contribution is 5.94. The van der Waals surface area contributed by atoms with E-state index in [2.05, 4.69) is 38.2 Å². The molecule has 3 nitrogen and oxygen atoms in total. The van der Waals surface area contributed by atoms with Crippen molar-refractivity contribution >= 4 is 5.91 Å². The molecular formula is C20H22FNO2. The lowest BCUT2D eigenvalue weighted by Crippen LogP contribution is -2.34. The molecule has 4 heteroatoms. The molecule has 1 amide bonds. The largest absolute Gasteiger partial charge is 0.488 e. The first-order chi connectivity index (χ1) is 11.3. The highest BCUT2D eigenvalue weighted by atomic mass is 19.1. The van der Waals surface area contributed by atoms with E-state index in [1.807, 2.05) is 6.07 Å². The van der Waals surface area contributed by atoms with Gasteiger partial charge in [-0.15, -0.1) is 0 Å². The number of hydrogen-bond donors (Lipinski definition) is 1. The summed E-state index contributed by atoms with van der Waals surface area (Å²) >= 11 is 0. The molecule has 126 valence electrons. The summed E-state index contributed by atoms with van der Waals surface area (Å²) in [6.45, 7) is 6.94. The summed E-state index contributed by atoms with van der Waals surface area (Å²) in [5.74, 6) is 0.180. The van der Waals surface area contributed by atoms with Gasteiger partial charge in [-0.25, -0.2) is 4.39 Å². The van der Waals surface area contributed by atoms with Crippen LogP contribution in [-0.2, 0) is 11.8 Å². The third-order valence-electron chi connectivity index (χ3n) is 4.24. The Balaban J connectivity index is 1.61. The Kier molecular flexibility index (Phi) is 4.31. The molecule has 1 aliphatic heterocycles. The van der Waals surface area contributed by atoms with Gasteiger partial charge >= 0.3 is 0 Å². The Labute approximate surface area is 141 Å². The van der Waals surface area contributed by atoms with Crippen LogP contribution in [-0.4, -0.2) is 18.6 Å². The highest BCUT2D eigenvalue weighted by Crippen LogP contribution is 2.33. The van der Waals surface area contributed by atoms with Crippen molar-refractivity contribution in [2.45, 2.75) is 38.7 Å². The number of rotatable bonds is 3. The van der Waals surface area contributed by atoms with E-state index in [-0.39, 0.29) is 17.4 Å². The minimum Gasteiger partial charge on any atom is -0.488 e. The van der Waals surface area contributed by atoms with E-state index in [1.54, 1.807) is 6.07 Å². The fraction of sp³-hybridized carbons (Fsp3) is 0.350. The molecule has 0 spiro atoms. The lowest BCUT2D eigenvalue weighted by molar-refractivity contribution is 0.0933. The molecule has 24 heavy (non-hydrogen) atoms. The molecule has 1 aliphatic rings. The van der Waals surface area contributed by atoms with Crippen molar-refractivity contribution in [2.75, 3.05) is 6.54 Å². The number of carbonyl (C=O) groups is 1. The third-order valence-corrected chi connectivity index (χ3v) is 4.24. The Hall–Kier alpha value is -2.36. The maximum Gasteiger partial charge on any atom is 0.251 e. The van der Waals surface area contributed by atoms with Crippen LogP contribution < -0.4 is 10.1 Å². The topological polar surface area (TPSA) is 38.3 Å². The highest BCUT2D eigenvalue weighted by Gasteiger charge is 2.25. The van der Waals surface area contributed by atoms with Crippen LogP contribution in [0.25, 0.3) is 0 Å². The molecule has 3 rings (SSSR count). The molecule has 0 aliphatic carbocycles. The van der Waals surface area contributed by atoms with Gasteiger partial charge in [0.2, 0.25) is 0 Å². The fourth-order valence-corrected chi connectivity index (χ4v) is 2.84. The van der Waals surface area contributed by atoms with E-state index in [0.29, 0.717) is 12.1 Å². The monoisotopic (exact) mass is 327 g/mol. The number of hydrogen-bond acceptors (Lipinski definition) is 2. The minimum absolute atomic E-state index is 0.0901. The van der Waals surface area contributed by atoms with Gasteiger partial charge in [0.25, 0.3) is 5.91 Å². The van der Waals surface area contributed by atoms with E-state index in [9.17, 15) is 9.18 Å². The summed E-state index contributed by atoms with van der Waals surface area (Å²) < 4.78 is 19.1. The number of carbonyl (C=O) groups excluding carboxylic acids is 1. The molecular weight excluding hydrogens is 305 g/mol. The van der Waals surface area contributed by atoms with Crippen LogP contribution in [0.3, 0.4) is 0 Å². The van der Waals surface area contributed by atoms with Crippen LogP contribution in [0, 0.1) is 5.82 Å². The van der Waals surface area contributed by atoms with Gasteiger partial charge in [-0.1, -0.05) is 39.0 Å². The smallest absolute Gasteiger partial charge is 0.251 e. The Morgan fingerprint density at radius 1 is 1.25 bits per heavy atom. The van der Waals surface area contributed by atoms with E-state index in [0.717, 1.165) is 12.2 Å². The molecule has 1 atom stereocenters. The van der Waals surface area contributed by atoms with Crippen LogP contribution in [0.5, 0.6) is 5.75 Å². The lowest BCUT2D eigenvalue weighted by atomic mass is 9.86. The van der Waals surface area contributed by atoms with Crippen molar-refractivity contribution in [1.29, 1.82) is 0 Å². The van der Waals surface area contributed by atoms with Gasteiger partial charge in [0, 0.05) is 12.0 Å². The second-order valence-electron chi connectivity index (χ2n) is 7.24. The van der Waals surface area contributed by atoms with Crippen molar-refractivity contribution in [3.8, 4) is 5.75 Å². The predicted molar refractivity (Wildman–Crippen MR) is 92.0 cm³/mol. The zero-order valence-electron chi connectivity index (χ0n) is 14.2. The second-order valence-corrected chi connectivity index (χ2v) is 7.24. The molecule has 1 N–H and O–H groups in total. The molecule has 0 bridgehead atoms. The van der Waals surface area contributed by atoms with E-state index < -0.39 is 5.82 Å². The number of nitrogens with one attached hydrogen (secondary N) is 1. The fourth-order valence-electron chi connectivity index (χ4n) is 2.84. The zero-order chi connectivity index (χ0) is 17.3. The van der Waals surface area contributed by atoms with Gasteiger partial charge in [-0.3, -0.25) is 4.79 Å². The summed E-state index contributed by atoms with van der Waals surface area (Å²) in [6.07, 6.45) is 0.676. The summed E-state index contributed by atoms with van der Waals surface area (Å²) in [7, 11) is 0.